The van der Waals surface area contributed by atoms with Gasteiger partial charge in [0.15, 0.2) is 23.4 Å². The second kappa shape index (κ2) is 9.69. The Hall–Kier alpha value is -3.68. The minimum atomic E-state index is -0.621. The summed E-state index contributed by atoms with van der Waals surface area (Å²) in [7, 11) is 3.39. The highest BCUT2D eigenvalue weighted by molar-refractivity contribution is 5.82. The van der Waals surface area contributed by atoms with Gasteiger partial charge < -0.3 is 14.4 Å². The lowest BCUT2D eigenvalue weighted by atomic mass is 10.2. The molecule has 0 aliphatic carbocycles. The van der Waals surface area contributed by atoms with E-state index in [2.05, 4.69) is 15.3 Å². The molecule has 3 rings (SSSR count). The minimum absolute atomic E-state index is 0.121. The Morgan fingerprint density at radius 2 is 1.97 bits per heavy atom. The number of likely N-dealkylation sites (N-methyl/N-ethyl adjacent to an activating group) is 1. The first-order valence-electron chi connectivity index (χ1n) is 9.64. The number of hydrogen-bond acceptors (Lipinski definition) is 6. The van der Waals surface area contributed by atoms with Crippen molar-refractivity contribution in [1.82, 2.24) is 19.8 Å². The van der Waals surface area contributed by atoms with Crippen LogP contribution in [0.15, 0.2) is 60.0 Å². The van der Waals surface area contributed by atoms with Crippen molar-refractivity contribution < 1.29 is 14.3 Å². The molecule has 30 heavy (non-hydrogen) atoms. The van der Waals surface area contributed by atoms with Crippen molar-refractivity contribution in [3.8, 4) is 22.9 Å². The van der Waals surface area contributed by atoms with Gasteiger partial charge in [-0.2, -0.15) is 9.78 Å². The van der Waals surface area contributed by atoms with Crippen LogP contribution in [0, 0.1) is 0 Å². The van der Waals surface area contributed by atoms with Gasteiger partial charge in [0.05, 0.1) is 12.8 Å². The summed E-state index contributed by atoms with van der Waals surface area (Å²) in [5.74, 6) is 1.58. The van der Waals surface area contributed by atoms with E-state index >= 15 is 0 Å². The topological polar surface area (TPSA) is 81.8 Å². The molecule has 1 amide bonds. The third-order valence-electron chi connectivity index (χ3n) is 4.25. The van der Waals surface area contributed by atoms with Crippen LogP contribution in [-0.4, -0.2) is 58.7 Å². The van der Waals surface area contributed by atoms with E-state index < -0.39 is 6.10 Å². The van der Waals surface area contributed by atoms with E-state index in [4.69, 9.17) is 9.47 Å². The molecule has 0 saturated carbocycles. The number of carbonyl (C=O) groups is 1. The van der Waals surface area contributed by atoms with Crippen molar-refractivity contribution in [1.29, 1.82) is 0 Å². The van der Waals surface area contributed by atoms with E-state index in [-0.39, 0.29) is 5.91 Å². The molecule has 8 heteroatoms. The van der Waals surface area contributed by atoms with Gasteiger partial charge in [0.1, 0.15) is 6.33 Å². The molecule has 0 fully saturated rings. The largest absolute Gasteiger partial charge is 0.490 e. The summed E-state index contributed by atoms with van der Waals surface area (Å²) in [5, 5.41) is 12.6. The Bertz CT molecular complexity index is 1010. The molecule has 1 heterocycles. The van der Waals surface area contributed by atoms with E-state index in [1.54, 1.807) is 44.3 Å². The van der Waals surface area contributed by atoms with Gasteiger partial charge in [-0.25, -0.2) is 0 Å². The molecule has 0 aliphatic heterocycles. The van der Waals surface area contributed by atoms with Crippen LogP contribution in [0.3, 0.4) is 0 Å². The molecule has 1 atom stereocenters. The number of hydrogen-bond donors (Lipinski definition) is 0. The van der Waals surface area contributed by atoms with Gasteiger partial charge in [0, 0.05) is 19.7 Å². The highest BCUT2D eigenvalue weighted by atomic mass is 16.5. The second-order valence-electron chi connectivity index (χ2n) is 6.74. The number of amides is 1. The fourth-order valence-corrected chi connectivity index (χ4v) is 2.80. The lowest BCUT2D eigenvalue weighted by molar-refractivity contribution is -0.135. The molecular weight excluding hydrogens is 382 g/mol. The summed E-state index contributed by atoms with van der Waals surface area (Å²) >= 11 is 0. The summed E-state index contributed by atoms with van der Waals surface area (Å²) in [6, 6.07) is 15.2. The smallest absolute Gasteiger partial charge is 0.262 e. The fourth-order valence-electron chi connectivity index (χ4n) is 2.80. The Balaban J connectivity index is 1.82. The summed E-state index contributed by atoms with van der Waals surface area (Å²) in [5.41, 5.74) is 1.73. The van der Waals surface area contributed by atoms with Crippen molar-refractivity contribution in [2.75, 3.05) is 20.7 Å². The van der Waals surface area contributed by atoms with Crippen LogP contribution >= 0.6 is 0 Å². The Morgan fingerprint density at radius 3 is 2.67 bits per heavy atom. The molecule has 0 unspecified atom stereocenters. The van der Waals surface area contributed by atoms with Crippen LogP contribution in [0.1, 0.15) is 19.4 Å². The number of benzene rings is 2. The molecule has 0 N–H and O–H groups in total. The number of ether oxygens (including phenoxy) is 2. The van der Waals surface area contributed by atoms with Crippen LogP contribution in [0.4, 0.5) is 0 Å². The summed E-state index contributed by atoms with van der Waals surface area (Å²) in [4.78, 5) is 13.6. The maximum absolute atomic E-state index is 12.1. The third kappa shape index (κ3) is 5.02. The van der Waals surface area contributed by atoms with Gasteiger partial charge in [-0.15, -0.1) is 10.2 Å². The molecule has 0 bridgehead atoms. The molecule has 8 nitrogen and oxygen atoms in total. The third-order valence-corrected chi connectivity index (χ3v) is 4.25. The Labute approximate surface area is 175 Å². The monoisotopic (exact) mass is 407 g/mol. The lowest BCUT2D eigenvalue weighted by Gasteiger charge is -2.20. The first-order chi connectivity index (χ1) is 14.5. The fraction of sp³-hybridized carbons (Fsp3) is 0.273. The summed E-state index contributed by atoms with van der Waals surface area (Å²) in [6.45, 7) is 4.07. The highest BCUT2D eigenvalue weighted by Crippen LogP contribution is 2.29. The second-order valence-corrected chi connectivity index (χ2v) is 6.74. The minimum Gasteiger partial charge on any atom is -0.490 e. The first-order valence-corrected chi connectivity index (χ1v) is 9.64. The number of rotatable bonds is 8. The Kier molecular flexibility index (Phi) is 6.79. The van der Waals surface area contributed by atoms with E-state index in [1.165, 1.54) is 4.90 Å². The molecule has 156 valence electrons. The van der Waals surface area contributed by atoms with Crippen molar-refractivity contribution in [3.63, 3.8) is 0 Å². The van der Waals surface area contributed by atoms with Crippen molar-refractivity contribution in [2.24, 2.45) is 5.10 Å². The van der Waals surface area contributed by atoms with Crippen molar-refractivity contribution in [3.05, 3.63) is 60.4 Å². The average molecular weight is 407 g/mol. The summed E-state index contributed by atoms with van der Waals surface area (Å²) in [6.07, 6.45) is 2.62. The van der Waals surface area contributed by atoms with Gasteiger partial charge >= 0.3 is 0 Å². The zero-order valence-corrected chi connectivity index (χ0v) is 17.5. The van der Waals surface area contributed by atoms with Crippen LogP contribution < -0.4 is 9.47 Å². The number of aromatic nitrogens is 3. The molecule has 0 saturated heterocycles. The van der Waals surface area contributed by atoms with Crippen LogP contribution in [0.5, 0.6) is 11.5 Å². The van der Waals surface area contributed by atoms with Crippen LogP contribution in [-0.2, 0) is 4.79 Å². The molecule has 2 aromatic carbocycles. The SMILES string of the molecule is CCOc1cc(/C=N\n2cnnc2-c2ccccc2)ccc1O[C@@H](C)C(=O)N(C)C. The van der Waals surface area contributed by atoms with Gasteiger partial charge in [0.25, 0.3) is 5.91 Å². The van der Waals surface area contributed by atoms with Gasteiger partial charge in [-0.1, -0.05) is 30.3 Å². The Morgan fingerprint density at radius 1 is 1.20 bits per heavy atom. The van der Waals surface area contributed by atoms with Gasteiger partial charge in [-0.3, -0.25) is 4.79 Å². The van der Waals surface area contributed by atoms with Crippen molar-refractivity contribution in [2.45, 2.75) is 20.0 Å². The highest BCUT2D eigenvalue weighted by Gasteiger charge is 2.18. The van der Waals surface area contributed by atoms with Gasteiger partial charge in [0.2, 0.25) is 0 Å². The van der Waals surface area contributed by atoms with Crippen molar-refractivity contribution >= 4 is 12.1 Å². The van der Waals surface area contributed by atoms with Crippen LogP contribution in [0.25, 0.3) is 11.4 Å². The van der Waals surface area contributed by atoms with Gasteiger partial charge in [-0.05, 0) is 37.6 Å². The number of carbonyl (C=O) groups excluding carboxylic acids is 1. The zero-order chi connectivity index (χ0) is 21.5. The van der Waals surface area contributed by atoms with E-state index in [1.807, 2.05) is 49.4 Å². The zero-order valence-electron chi connectivity index (χ0n) is 17.5. The predicted octanol–water partition coefficient (Wildman–Crippen LogP) is 3.08. The molecule has 1 aromatic heterocycles. The average Bonchev–Trinajstić information content (AvgIpc) is 3.22. The molecule has 3 aromatic rings. The lowest BCUT2D eigenvalue weighted by Crippen LogP contribution is -2.35. The maximum atomic E-state index is 12.1. The van der Waals surface area contributed by atoms with E-state index in [0.29, 0.717) is 23.9 Å². The molecule has 0 aliphatic rings. The maximum Gasteiger partial charge on any atom is 0.262 e. The van der Waals surface area contributed by atoms with Crippen LogP contribution in [0.2, 0.25) is 0 Å². The molecular formula is C22H25N5O3. The number of nitrogens with zero attached hydrogens (tertiary/aromatic N) is 5. The standard InChI is InChI=1S/C22H25N5O3/c1-5-29-20-13-17(11-12-19(20)30-16(2)22(28)26(3)4)14-24-27-15-23-25-21(27)18-9-7-6-8-10-18/h6-16H,5H2,1-4H3/b24-14-/t16-/m0/s1. The molecule has 0 spiro atoms. The predicted molar refractivity (Wildman–Crippen MR) is 115 cm³/mol. The van der Waals surface area contributed by atoms with E-state index in [0.717, 1.165) is 11.1 Å². The van der Waals surface area contributed by atoms with E-state index in [9.17, 15) is 4.79 Å². The molecule has 0 radical (unpaired) electrons. The first kappa shape index (κ1) is 21.0. The summed E-state index contributed by atoms with van der Waals surface area (Å²) < 4.78 is 13.1. The quantitative estimate of drug-likeness (QED) is 0.536. The normalized spacial score (nSPS) is 12.0.